The van der Waals surface area contributed by atoms with Gasteiger partial charge in [-0.2, -0.15) is 0 Å². The van der Waals surface area contributed by atoms with E-state index in [-0.39, 0.29) is 17.6 Å². The van der Waals surface area contributed by atoms with E-state index in [4.69, 9.17) is 0 Å². The summed E-state index contributed by atoms with van der Waals surface area (Å²) in [7, 11) is 0. The maximum atomic E-state index is 12.0. The molecule has 1 aliphatic heterocycles. The number of carbonyl (C=O) groups is 1. The molecule has 1 heterocycles. The molecule has 1 aliphatic rings. The van der Waals surface area contributed by atoms with Gasteiger partial charge in [-0.1, -0.05) is 24.3 Å². The molecule has 1 unspecified atom stereocenters. The predicted octanol–water partition coefficient (Wildman–Crippen LogP) is 2.75. The van der Waals surface area contributed by atoms with Crippen LogP contribution in [-0.4, -0.2) is 23.4 Å². The van der Waals surface area contributed by atoms with E-state index >= 15 is 0 Å². The Bertz CT molecular complexity index is 731. The molecule has 118 valence electrons. The van der Waals surface area contributed by atoms with Crippen LogP contribution in [0.5, 0.6) is 0 Å². The molecule has 2 aromatic carbocycles. The molecule has 23 heavy (non-hydrogen) atoms. The van der Waals surface area contributed by atoms with Crippen LogP contribution >= 0.6 is 0 Å². The van der Waals surface area contributed by atoms with Crippen molar-refractivity contribution in [3.8, 4) is 0 Å². The van der Waals surface area contributed by atoms with Gasteiger partial charge in [0.1, 0.15) is 0 Å². The van der Waals surface area contributed by atoms with Gasteiger partial charge in [-0.05, 0) is 30.5 Å². The Morgan fingerprint density at radius 1 is 1.26 bits per heavy atom. The highest BCUT2D eigenvalue weighted by Gasteiger charge is 2.20. The van der Waals surface area contributed by atoms with Gasteiger partial charge < -0.3 is 10.6 Å². The van der Waals surface area contributed by atoms with Crippen LogP contribution in [0.2, 0.25) is 0 Å². The summed E-state index contributed by atoms with van der Waals surface area (Å²) in [6.45, 7) is 0.482. The topological polar surface area (TPSA) is 84.3 Å². The van der Waals surface area contributed by atoms with Crippen LogP contribution in [0.1, 0.15) is 22.3 Å². The van der Waals surface area contributed by atoms with Gasteiger partial charge in [0.25, 0.3) is 11.6 Å². The second-order valence-corrected chi connectivity index (χ2v) is 5.55. The fraction of sp³-hybridized carbons (Fsp3) is 0.235. The molecule has 6 heteroatoms. The first-order valence-electron chi connectivity index (χ1n) is 7.50. The Labute approximate surface area is 133 Å². The molecule has 1 amide bonds. The van der Waals surface area contributed by atoms with E-state index in [0.717, 1.165) is 24.1 Å². The van der Waals surface area contributed by atoms with Crippen LogP contribution in [-0.2, 0) is 6.42 Å². The molecule has 0 aliphatic carbocycles. The van der Waals surface area contributed by atoms with Crippen molar-refractivity contribution in [1.82, 2.24) is 5.32 Å². The van der Waals surface area contributed by atoms with Crippen molar-refractivity contribution in [3.63, 3.8) is 0 Å². The molecule has 2 aromatic rings. The zero-order valence-corrected chi connectivity index (χ0v) is 12.5. The lowest BCUT2D eigenvalue weighted by atomic mass is 9.97. The highest BCUT2D eigenvalue weighted by atomic mass is 16.6. The number of hydrogen-bond donors (Lipinski definition) is 2. The lowest BCUT2D eigenvalue weighted by Gasteiger charge is -2.27. The third-order valence-corrected chi connectivity index (χ3v) is 3.97. The van der Waals surface area contributed by atoms with Gasteiger partial charge in [-0.3, -0.25) is 14.9 Å². The van der Waals surface area contributed by atoms with Crippen LogP contribution in [0.3, 0.4) is 0 Å². The number of nitrogens with one attached hydrogen (secondary N) is 2. The number of carbonyl (C=O) groups excluding carboxylic acids is 1. The Balaban J connectivity index is 1.62. The first-order valence-corrected chi connectivity index (χ1v) is 7.50. The molecule has 6 nitrogen and oxygen atoms in total. The van der Waals surface area contributed by atoms with E-state index in [1.807, 2.05) is 18.2 Å². The van der Waals surface area contributed by atoms with Gasteiger partial charge >= 0.3 is 0 Å². The van der Waals surface area contributed by atoms with E-state index < -0.39 is 4.92 Å². The molecule has 0 fully saturated rings. The van der Waals surface area contributed by atoms with Crippen molar-refractivity contribution in [2.24, 2.45) is 0 Å². The summed E-state index contributed by atoms with van der Waals surface area (Å²) >= 11 is 0. The summed E-state index contributed by atoms with van der Waals surface area (Å²) in [4.78, 5) is 22.5. The maximum absolute atomic E-state index is 12.0. The summed E-state index contributed by atoms with van der Waals surface area (Å²) in [5, 5.41) is 17.0. The third kappa shape index (κ3) is 3.48. The minimum absolute atomic E-state index is 0.0668. The van der Waals surface area contributed by atoms with Crippen LogP contribution < -0.4 is 10.6 Å². The fourth-order valence-corrected chi connectivity index (χ4v) is 2.71. The summed E-state index contributed by atoms with van der Waals surface area (Å²) in [5.41, 5.74) is 2.55. The van der Waals surface area contributed by atoms with Crippen LogP contribution in [0.15, 0.2) is 48.5 Å². The molecule has 0 aromatic heterocycles. The van der Waals surface area contributed by atoms with E-state index in [9.17, 15) is 14.9 Å². The summed E-state index contributed by atoms with van der Waals surface area (Å²) in [6, 6.07) is 14.0. The maximum Gasteiger partial charge on any atom is 0.271 e. The predicted molar refractivity (Wildman–Crippen MR) is 87.6 cm³/mol. The van der Waals surface area contributed by atoms with Gasteiger partial charge in [0.05, 0.1) is 4.92 Å². The van der Waals surface area contributed by atoms with E-state index in [2.05, 4.69) is 10.6 Å². The van der Waals surface area contributed by atoms with Crippen molar-refractivity contribution in [3.05, 3.63) is 69.8 Å². The number of benzene rings is 2. The SMILES string of the molecule is O=C(NCC1CCc2ccc([N+](=O)[O-])cc2N1)c1ccccc1. The molecule has 0 spiro atoms. The number of hydrogen-bond acceptors (Lipinski definition) is 4. The van der Waals surface area contributed by atoms with Crippen molar-refractivity contribution in [2.75, 3.05) is 11.9 Å². The molecule has 0 radical (unpaired) electrons. The molecular formula is C17H17N3O3. The average molecular weight is 311 g/mol. The first-order chi connectivity index (χ1) is 11.1. The highest BCUT2D eigenvalue weighted by Crippen LogP contribution is 2.28. The largest absolute Gasteiger partial charge is 0.380 e. The van der Waals surface area contributed by atoms with Gasteiger partial charge in [0, 0.05) is 36.0 Å². The van der Waals surface area contributed by atoms with Gasteiger partial charge in [0.15, 0.2) is 0 Å². The Morgan fingerprint density at radius 3 is 2.78 bits per heavy atom. The highest BCUT2D eigenvalue weighted by molar-refractivity contribution is 5.94. The molecular weight excluding hydrogens is 294 g/mol. The number of amides is 1. The van der Waals surface area contributed by atoms with Crippen molar-refractivity contribution >= 4 is 17.3 Å². The van der Waals surface area contributed by atoms with Gasteiger partial charge in [-0.15, -0.1) is 0 Å². The summed E-state index contributed by atoms with van der Waals surface area (Å²) < 4.78 is 0. The molecule has 0 bridgehead atoms. The molecule has 1 atom stereocenters. The minimum atomic E-state index is -0.400. The third-order valence-electron chi connectivity index (χ3n) is 3.97. The quantitative estimate of drug-likeness (QED) is 0.671. The number of nitro benzene ring substituents is 1. The number of aryl methyl sites for hydroxylation is 1. The number of nitro groups is 1. The first kappa shape index (κ1) is 15.0. The molecule has 0 saturated carbocycles. The smallest absolute Gasteiger partial charge is 0.271 e. The lowest BCUT2D eigenvalue weighted by Crippen LogP contribution is -2.38. The summed E-state index contributed by atoms with van der Waals surface area (Å²) in [6.07, 6.45) is 1.71. The molecule has 0 saturated heterocycles. The van der Waals surface area contributed by atoms with Crippen LogP contribution in [0, 0.1) is 10.1 Å². The monoisotopic (exact) mass is 311 g/mol. The van der Waals surface area contributed by atoms with Gasteiger partial charge in [-0.25, -0.2) is 0 Å². The second kappa shape index (κ2) is 6.48. The Kier molecular flexibility index (Phi) is 4.23. The van der Waals surface area contributed by atoms with E-state index in [1.165, 1.54) is 6.07 Å². The van der Waals surface area contributed by atoms with E-state index in [0.29, 0.717) is 12.1 Å². The van der Waals surface area contributed by atoms with Crippen molar-refractivity contribution < 1.29 is 9.72 Å². The van der Waals surface area contributed by atoms with Gasteiger partial charge in [0.2, 0.25) is 0 Å². The van der Waals surface area contributed by atoms with Crippen molar-refractivity contribution in [1.29, 1.82) is 0 Å². The summed E-state index contributed by atoms with van der Waals surface area (Å²) in [5.74, 6) is -0.114. The van der Waals surface area contributed by atoms with Crippen molar-refractivity contribution in [2.45, 2.75) is 18.9 Å². The lowest BCUT2D eigenvalue weighted by molar-refractivity contribution is -0.384. The standard InChI is InChI=1S/C17H17N3O3/c21-17(13-4-2-1-3-5-13)18-11-14-8-6-12-7-9-15(20(22)23)10-16(12)19-14/h1-5,7,9-10,14,19H,6,8,11H2,(H,18,21). The average Bonchev–Trinajstić information content (AvgIpc) is 2.59. The Morgan fingerprint density at radius 2 is 2.04 bits per heavy atom. The fourth-order valence-electron chi connectivity index (χ4n) is 2.71. The molecule has 2 N–H and O–H groups in total. The van der Waals surface area contributed by atoms with Crippen LogP contribution in [0.4, 0.5) is 11.4 Å². The molecule has 3 rings (SSSR count). The zero-order chi connectivity index (χ0) is 16.2. The zero-order valence-electron chi connectivity index (χ0n) is 12.5. The number of rotatable bonds is 4. The number of non-ortho nitro benzene ring substituents is 1. The van der Waals surface area contributed by atoms with E-state index in [1.54, 1.807) is 24.3 Å². The number of fused-ring (bicyclic) bond motifs is 1. The minimum Gasteiger partial charge on any atom is -0.380 e. The second-order valence-electron chi connectivity index (χ2n) is 5.55. The Hall–Kier alpha value is -2.89. The number of anilines is 1. The number of nitrogens with zero attached hydrogens (tertiary/aromatic N) is 1. The normalized spacial score (nSPS) is 16.1. The van der Waals surface area contributed by atoms with Crippen LogP contribution in [0.25, 0.3) is 0 Å².